The van der Waals surface area contributed by atoms with E-state index in [0.717, 1.165) is 11.3 Å². The highest BCUT2D eigenvalue weighted by molar-refractivity contribution is 5.37. The molecule has 114 valence electrons. The Kier molecular flexibility index (Phi) is 4.96. The lowest BCUT2D eigenvalue weighted by Crippen LogP contribution is -2.12. The van der Waals surface area contributed by atoms with Crippen LogP contribution in [0, 0.1) is 6.92 Å². The minimum atomic E-state index is 0.232. The summed E-state index contributed by atoms with van der Waals surface area (Å²) in [5.41, 5.74) is 2.34. The molecule has 1 N–H and O–H groups in total. The van der Waals surface area contributed by atoms with Crippen LogP contribution in [-0.4, -0.2) is 17.2 Å². The molecule has 1 aromatic heterocycles. The van der Waals surface area contributed by atoms with Gasteiger partial charge in [-0.15, -0.1) is 0 Å². The number of aryl methyl sites for hydroxylation is 1. The molecular weight excluding hydrogens is 266 g/mol. The molecule has 0 bridgehead atoms. The first kappa shape index (κ1) is 15.5. The zero-order valence-corrected chi connectivity index (χ0v) is 13.3. The summed E-state index contributed by atoms with van der Waals surface area (Å²) in [7, 11) is 1.95. The number of nitrogens with one attached hydrogen (secondary N) is 1. The Morgan fingerprint density at radius 1 is 1.29 bits per heavy atom. The summed E-state index contributed by atoms with van der Waals surface area (Å²) in [6.07, 6.45) is 0. The molecule has 2 rings (SSSR count). The highest BCUT2D eigenvalue weighted by Crippen LogP contribution is 2.23. The van der Waals surface area contributed by atoms with Crippen molar-refractivity contribution in [1.82, 2.24) is 15.5 Å². The second-order valence-corrected chi connectivity index (χ2v) is 5.53. The summed E-state index contributed by atoms with van der Waals surface area (Å²) >= 11 is 0. The van der Waals surface area contributed by atoms with Crippen LogP contribution in [0.1, 0.15) is 55.6 Å². The van der Waals surface area contributed by atoms with Gasteiger partial charge in [0.05, 0.1) is 0 Å². The van der Waals surface area contributed by atoms with Crippen LogP contribution >= 0.6 is 0 Å². The average Bonchev–Trinajstić information content (AvgIpc) is 2.94. The van der Waals surface area contributed by atoms with Gasteiger partial charge in [0, 0.05) is 12.0 Å². The lowest BCUT2D eigenvalue weighted by Gasteiger charge is -2.13. The third kappa shape index (κ3) is 3.82. The van der Waals surface area contributed by atoms with E-state index < -0.39 is 0 Å². The van der Waals surface area contributed by atoms with Gasteiger partial charge in [-0.05, 0) is 38.1 Å². The van der Waals surface area contributed by atoms with E-state index in [-0.39, 0.29) is 5.92 Å². The number of rotatable bonds is 6. The molecule has 5 heteroatoms. The molecule has 0 aliphatic rings. The molecule has 0 aliphatic heterocycles. The Morgan fingerprint density at radius 2 is 2.05 bits per heavy atom. The van der Waals surface area contributed by atoms with Gasteiger partial charge in [0.1, 0.15) is 5.75 Å². The molecule has 0 amide bonds. The first-order valence-electron chi connectivity index (χ1n) is 7.24. The van der Waals surface area contributed by atoms with Crippen LogP contribution in [0.2, 0.25) is 0 Å². The van der Waals surface area contributed by atoms with E-state index in [1.165, 1.54) is 5.56 Å². The van der Waals surface area contributed by atoms with Gasteiger partial charge in [-0.2, -0.15) is 4.98 Å². The number of hydrogen-bond donors (Lipinski definition) is 1. The lowest BCUT2D eigenvalue weighted by molar-refractivity contribution is 0.282. The van der Waals surface area contributed by atoms with Crippen molar-refractivity contribution in [3.8, 4) is 5.75 Å². The minimum absolute atomic E-state index is 0.232. The van der Waals surface area contributed by atoms with Crippen molar-refractivity contribution in [2.45, 2.75) is 46.3 Å². The first-order chi connectivity index (χ1) is 10.0. The van der Waals surface area contributed by atoms with Crippen LogP contribution in [0.25, 0.3) is 0 Å². The van der Waals surface area contributed by atoms with Crippen LogP contribution in [0.4, 0.5) is 0 Å². The topological polar surface area (TPSA) is 60.2 Å². The van der Waals surface area contributed by atoms with E-state index in [2.05, 4.69) is 34.5 Å². The van der Waals surface area contributed by atoms with Crippen molar-refractivity contribution in [2.24, 2.45) is 0 Å². The van der Waals surface area contributed by atoms with Crippen LogP contribution in [0.3, 0.4) is 0 Å². The zero-order chi connectivity index (χ0) is 15.4. The molecular formula is C16H23N3O2. The van der Waals surface area contributed by atoms with Crippen molar-refractivity contribution < 1.29 is 9.26 Å². The third-order valence-electron chi connectivity index (χ3n) is 3.47. The Morgan fingerprint density at radius 3 is 2.62 bits per heavy atom. The number of nitrogens with zero attached hydrogens (tertiary/aromatic N) is 2. The smallest absolute Gasteiger partial charge is 0.229 e. The number of ether oxygens (including phenoxy) is 1. The molecule has 1 unspecified atom stereocenters. The third-order valence-corrected chi connectivity index (χ3v) is 3.47. The van der Waals surface area contributed by atoms with Gasteiger partial charge >= 0.3 is 0 Å². The molecule has 0 saturated heterocycles. The van der Waals surface area contributed by atoms with Crippen molar-refractivity contribution in [3.05, 3.63) is 41.0 Å². The fraction of sp³-hybridized carbons (Fsp3) is 0.500. The standard InChI is InChI=1S/C16H23N3O2/c1-10(2)16-18-15(19-21-16)9-20-14-7-6-13(8-11(14)3)12(4)17-5/h6-8,10,12,17H,9H2,1-5H3. The highest BCUT2D eigenvalue weighted by Gasteiger charge is 2.11. The predicted molar refractivity (Wildman–Crippen MR) is 81.4 cm³/mol. The van der Waals surface area contributed by atoms with Gasteiger partial charge in [0.15, 0.2) is 6.61 Å². The van der Waals surface area contributed by atoms with Gasteiger partial charge in [-0.3, -0.25) is 0 Å². The first-order valence-corrected chi connectivity index (χ1v) is 7.24. The SMILES string of the molecule is CNC(C)c1ccc(OCc2noc(C(C)C)n2)c(C)c1. The molecule has 0 saturated carbocycles. The Balaban J connectivity index is 2.02. The van der Waals surface area contributed by atoms with Crippen LogP contribution in [0.15, 0.2) is 22.7 Å². The maximum atomic E-state index is 5.78. The fourth-order valence-electron chi connectivity index (χ4n) is 1.97. The molecule has 0 spiro atoms. The van der Waals surface area contributed by atoms with Gasteiger partial charge < -0.3 is 14.6 Å². The molecule has 1 atom stereocenters. The van der Waals surface area contributed by atoms with Crippen LogP contribution < -0.4 is 10.1 Å². The maximum absolute atomic E-state index is 5.78. The van der Waals surface area contributed by atoms with E-state index in [1.807, 2.05) is 33.9 Å². The second kappa shape index (κ2) is 6.72. The predicted octanol–water partition coefficient (Wildman–Crippen LogP) is 3.36. The molecule has 21 heavy (non-hydrogen) atoms. The van der Waals surface area contributed by atoms with Crippen LogP contribution in [0.5, 0.6) is 5.75 Å². The summed E-state index contributed by atoms with van der Waals surface area (Å²) < 4.78 is 10.9. The number of benzene rings is 1. The number of aromatic nitrogens is 2. The van der Waals surface area contributed by atoms with Crippen molar-refractivity contribution in [1.29, 1.82) is 0 Å². The molecule has 2 aromatic rings. The van der Waals surface area contributed by atoms with Crippen molar-refractivity contribution in [2.75, 3.05) is 7.05 Å². The Bertz CT molecular complexity index is 593. The monoisotopic (exact) mass is 289 g/mol. The minimum Gasteiger partial charge on any atom is -0.485 e. The van der Waals surface area contributed by atoms with Crippen molar-refractivity contribution in [3.63, 3.8) is 0 Å². The lowest BCUT2D eigenvalue weighted by atomic mass is 10.1. The normalized spacial score (nSPS) is 12.7. The van der Waals surface area contributed by atoms with E-state index >= 15 is 0 Å². The zero-order valence-electron chi connectivity index (χ0n) is 13.3. The summed E-state index contributed by atoms with van der Waals surface area (Å²) in [4.78, 5) is 4.30. The van der Waals surface area contributed by atoms with E-state index in [4.69, 9.17) is 9.26 Å². The number of hydrogen-bond acceptors (Lipinski definition) is 5. The van der Waals surface area contributed by atoms with Gasteiger partial charge in [-0.25, -0.2) is 0 Å². The molecule has 0 aliphatic carbocycles. The largest absolute Gasteiger partial charge is 0.485 e. The summed E-state index contributed by atoms with van der Waals surface area (Å²) in [5.74, 6) is 2.29. The Hall–Kier alpha value is -1.88. The summed E-state index contributed by atoms with van der Waals surface area (Å²) in [6.45, 7) is 8.52. The summed E-state index contributed by atoms with van der Waals surface area (Å²) in [5, 5.41) is 7.15. The molecule has 1 heterocycles. The van der Waals surface area contributed by atoms with E-state index in [0.29, 0.717) is 24.4 Å². The summed E-state index contributed by atoms with van der Waals surface area (Å²) in [6, 6.07) is 6.51. The highest BCUT2D eigenvalue weighted by atomic mass is 16.5. The van der Waals surface area contributed by atoms with Gasteiger partial charge in [0.2, 0.25) is 11.7 Å². The van der Waals surface area contributed by atoms with Gasteiger partial charge in [-0.1, -0.05) is 31.1 Å². The van der Waals surface area contributed by atoms with E-state index in [9.17, 15) is 0 Å². The molecule has 0 radical (unpaired) electrons. The van der Waals surface area contributed by atoms with Crippen molar-refractivity contribution >= 4 is 0 Å². The molecule has 1 aromatic carbocycles. The molecule has 0 fully saturated rings. The van der Waals surface area contributed by atoms with Gasteiger partial charge in [0.25, 0.3) is 0 Å². The second-order valence-electron chi connectivity index (χ2n) is 5.53. The molecule has 5 nitrogen and oxygen atoms in total. The maximum Gasteiger partial charge on any atom is 0.229 e. The Labute approximate surface area is 125 Å². The quantitative estimate of drug-likeness (QED) is 0.883. The van der Waals surface area contributed by atoms with E-state index in [1.54, 1.807) is 0 Å². The van der Waals surface area contributed by atoms with Crippen LogP contribution in [-0.2, 0) is 6.61 Å². The fourth-order valence-corrected chi connectivity index (χ4v) is 1.97. The average molecular weight is 289 g/mol.